The summed E-state index contributed by atoms with van der Waals surface area (Å²) in [5.41, 5.74) is 8.41. The lowest BCUT2D eigenvalue weighted by Crippen LogP contribution is -2.42. The summed E-state index contributed by atoms with van der Waals surface area (Å²) >= 11 is 0. The Morgan fingerprint density at radius 2 is 2.07 bits per heavy atom. The molecule has 1 aliphatic heterocycles. The van der Waals surface area contributed by atoms with Gasteiger partial charge >= 0.3 is 0 Å². The van der Waals surface area contributed by atoms with E-state index in [1.807, 2.05) is 42.2 Å². The summed E-state index contributed by atoms with van der Waals surface area (Å²) in [5.74, 6) is 0.203. The molecule has 6 heteroatoms. The first kappa shape index (κ1) is 19.6. The van der Waals surface area contributed by atoms with Gasteiger partial charge in [0.05, 0.1) is 6.20 Å². The molecule has 0 saturated carbocycles. The van der Waals surface area contributed by atoms with Crippen molar-refractivity contribution >= 4 is 5.91 Å². The van der Waals surface area contributed by atoms with E-state index in [0.717, 1.165) is 26.2 Å². The molecule has 1 aliphatic rings. The number of nitrogens with two attached hydrogens (primary N) is 1. The van der Waals surface area contributed by atoms with Gasteiger partial charge < -0.3 is 10.6 Å². The van der Waals surface area contributed by atoms with Gasteiger partial charge in [0, 0.05) is 43.5 Å². The van der Waals surface area contributed by atoms with Gasteiger partial charge in [0.15, 0.2) is 0 Å². The molecule has 0 radical (unpaired) electrons. The molecule has 1 aromatic carbocycles. The Labute approximate surface area is 161 Å². The number of benzene rings is 1. The Hall–Kier alpha value is -2.18. The fraction of sp³-hybridized carbons (Fsp3) is 0.524. The fourth-order valence-electron chi connectivity index (χ4n) is 4.32. The minimum Gasteiger partial charge on any atom is -0.366 e. The van der Waals surface area contributed by atoms with Crippen LogP contribution in [-0.4, -0.2) is 52.2 Å². The minimum atomic E-state index is -0.379. The van der Waals surface area contributed by atoms with Crippen LogP contribution in [0.2, 0.25) is 0 Å². The van der Waals surface area contributed by atoms with E-state index in [9.17, 15) is 4.79 Å². The third-order valence-electron chi connectivity index (χ3n) is 5.57. The normalized spacial score (nSPS) is 20.9. The molecule has 0 bridgehead atoms. The second-order valence-corrected chi connectivity index (χ2v) is 7.68. The summed E-state index contributed by atoms with van der Waals surface area (Å²) in [6.07, 6.45) is 6.67. The Balaban J connectivity index is 1.68. The van der Waals surface area contributed by atoms with Crippen LogP contribution in [0.4, 0.5) is 0 Å². The molecule has 27 heavy (non-hydrogen) atoms. The number of hydrogen-bond acceptors (Lipinski definition) is 4. The molecule has 0 unspecified atom stereocenters. The Bertz CT molecular complexity index is 754. The molecule has 1 saturated heterocycles. The van der Waals surface area contributed by atoms with Crippen molar-refractivity contribution in [3.63, 3.8) is 0 Å². The van der Waals surface area contributed by atoms with E-state index in [-0.39, 0.29) is 5.91 Å². The number of piperidine rings is 1. The van der Waals surface area contributed by atoms with Crippen LogP contribution in [0.15, 0.2) is 36.7 Å². The molecule has 2 N–H and O–H groups in total. The number of primary amides is 1. The first-order valence-electron chi connectivity index (χ1n) is 9.77. The highest BCUT2D eigenvalue weighted by Crippen LogP contribution is 2.36. The van der Waals surface area contributed by atoms with Gasteiger partial charge in [0.1, 0.15) is 0 Å². The molecule has 146 valence electrons. The highest BCUT2D eigenvalue weighted by Gasteiger charge is 2.33. The van der Waals surface area contributed by atoms with Crippen molar-refractivity contribution in [2.45, 2.75) is 32.4 Å². The SMILES string of the molecule is CCN1CCC[C@@H](CN(C)Cc2ccc(C(N)=O)cc2)[C@@H]1c1cnn(C)c1. The van der Waals surface area contributed by atoms with Gasteiger partial charge in [-0.15, -0.1) is 0 Å². The molecule has 2 atom stereocenters. The average Bonchev–Trinajstić information content (AvgIpc) is 3.07. The zero-order chi connectivity index (χ0) is 19.4. The smallest absolute Gasteiger partial charge is 0.248 e. The van der Waals surface area contributed by atoms with Crippen molar-refractivity contribution < 1.29 is 4.79 Å². The third kappa shape index (κ3) is 4.76. The summed E-state index contributed by atoms with van der Waals surface area (Å²) < 4.78 is 1.90. The first-order valence-corrected chi connectivity index (χ1v) is 9.77. The lowest BCUT2D eigenvalue weighted by atomic mass is 9.85. The van der Waals surface area contributed by atoms with Crippen molar-refractivity contribution in [1.29, 1.82) is 0 Å². The number of amides is 1. The molecule has 1 amide bonds. The van der Waals surface area contributed by atoms with E-state index in [1.54, 1.807) is 0 Å². The van der Waals surface area contributed by atoms with Crippen molar-refractivity contribution in [3.8, 4) is 0 Å². The number of aryl methyl sites for hydroxylation is 1. The van der Waals surface area contributed by atoms with Gasteiger partial charge in [0.2, 0.25) is 5.91 Å². The molecule has 3 rings (SSSR count). The van der Waals surface area contributed by atoms with Crippen molar-refractivity contribution in [3.05, 3.63) is 53.3 Å². The average molecular weight is 370 g/mol. The van der Waals surface area contributed by atoms with E-state index in [4.69, 9.17) is 5.73 Å². The van der Waals surface area contributed by atoms with Gasteiger partial charge in [-0.2, -0.15) is 5.10 Å². The van der Waals surface area contributed by atoms with Gasteiger partial charge in [0.25, 0.3) is 0 Å². The highest BCUT2D eigenvalue weighted by atomic mass is 16.1. The predicted molar refractivity (Wildman–Crippen MR) is 107 cm³/mol. The first-order chi connectivity index (χ1) is 13.0. The predicted octanol–water partition coefficient (Wildman–Crippen LogP) is 2.42. The Morgan fingerprint density at radius 3 is 2.67 bits per heavy atom. The van der Waals surface area contributed by atoms with Crippen molar-refractivity contribution in [2.75, 3.05) is 26.7 Å². The van der Waals surface area contributed by atoms with Gasteiger partial charge in [-0.05, 0) is 56.6 Å². The summed E-state index contributed by atoms with van der Waals surface area (Å²) in [6, 6.07) is 8.03. The molecule has 0 spiro atoms. The number of carbonyl (C=O) groups excluding carboxylic acids is 1. The Kier molecular flexibility index (Phi) is 6.29. The van der Waals surface area contributed by atoms with Crippen LogP contribution in [0.3, 0.4) is 0 Å². The monoisotopic (exact) mass is 369 g/mol. The molecule has 0 aliphatic carbocycles. The summed E-state index contributed by atoms with van der Waals surface area (Å²) in [7, 11) is 4.16. The van der Waals surface area contributed by atoms with Crippen LogP contribution in [0.25, 0.3) is 0 Å². The molecule has 1 aromatic heterocycles. The maximum atomic E-state index is 11.2. The van der Waals surface area contributed by atoms with Crippen LogP contribution in [0.5, 0.6) is 0 Å². The Morgan fingerprint density at radius 1 is 1.33 bits per heavy atom. The zero-order valence-electron chi connectivity index (χ0n) is 16.6. The molecular formula is C21H31N5O. The third-order valence-corrected chi connectivity index (χ3v) is 5.57. The number of rotatable bonds is 7. The van der Waals surface area contributed by atoms with Gasteiger partial charge in [-0.1, -0.05) is 19.1 Å². The maximum Gasteiger partial charge on any atom is 0.248 e. The topological polar surface area (TPSA) is 67.4 Å². The number of aromatic nitrogens is 2. The molecular weight excluding hydrogens is 338 g/mol. The molecule has 2 aromatic rings. The highest BCUT2D eigenvalue weighted by molar-refractivity contribution is 5.92. The lowest BCUT2D eigenvalue weighted by Gasteiger charge is -2.42. The fourth-order valence-corrected chi connectivity index (χ4v) is 4.32. The number of carbonyl (C=O) groups is 1. The van der Waals surface area contributed by atoms with Crippen molar-refractivity contribution in [1.82, 2.24) is 19.6 Å². The van der Waals surface area contributed by atoms with Gasteiger partial charge in [-0.3, -0.25) is 14.4 Å². The summed E-state index contributed by atoms with van der Waals surface area (Å²) in [6.45, 7) is 6.37. The largest absolute Gasteiger partial charge is 0.366 e. The second-order valence-electron chi connectivity index (χ2n) is 7.68. The number of hydrogen-bond donors (Lipinski definition) is 1. The van der Waals surface area contributed by atoms with E-state index < -0.39 is 0 Å². The zero-order valence-corrected chi connectivity index (χ0v) is 16.6. The number of nitrogens with zero attached hydrogens (tertiary/aromatic N) is 4. The van der Waals surface area contributed by atoms with Crippen LogP contribution < -0.4 is 5.73 Å². The van der Waals surface area contributed by atoms with Crippen molar-refractivity contribution in [2.24, 2.45) is 18.7 Å². The van der Waals surface area contributed by atoms with Gasteiger partial charge in [-0.25, -0.2) is 0 Å². The number of likely N-dealkylation sites (tertiary alicyclic amines) is 1. The van der Waals surface area contributed by atoms with E-state index in [0.29, 0.717) is 17.5 Å². The molecule has 6 nitrogen and oxygen atoms in total. The quantitative estimate of drug-likeness (QED) is 0.814. The van der Waals surface area contributed by atoms with E-state index in [2.05, 4.69) is 35.1 Å². The second kappa shape index (κ2) is 8.67. The molecule has 1 fully saturated rings. The maximum absolute atomic E-state index is 11.2. The van der Waals surface area contributed by atoms with Crippen LogP contribution in [0.1, 0.15) is 47.3 Å². The summed E-state index contributed by atoms with van der Waals surface area (Å²) in [4.78, 5) is 16.2. The van der Waals surface area contributed by atoms with Crippen LogP contribution in [-0.2, 0) is 13.6 Å². The lowest BCUT2D eigenvalue weighted by molar-refractivity contribution is 0.0749. The van der Waals surface area contributed by atoms with E-state index >= 15 is 0 Å². The molecule has 2 heterocycles. The van der Waals surface area contributed by atoms with E-state index in [1.165, 1.54) is 24.0 Å². The van der Waals surface area contributed by atoms with Crippen LogP contribution >= 0.6 is 0 Å². The minimum absolute atomic E-state index is 0.379. The standard InChI is InChI=1S/C21H31N5O/c1-4-26-11-5-6-18(20(26)19-12-23-25(3)15-19)14-24(2)13-16-7-9-17(10-8-16)21(22)27/h7-10,12,15,18,20H,4-6,11,13-14H2,1-3H3,(H2,22,27)/t18-,20+/m0/s1. The summed E-state index contributed by atoms with van der Waals surface area (Å²) in [5, 5.41) is 4.40. The van der Waals surface area contributed by atoms with Crippen LogP contribution in [0, 0.1) is 5.92 Å².